The Kier molecular flexibility index (Phi) is 4.20. The number of nitrogens with zero attached hydrogens (tertiary/aromatic N) is 4. The van der Waals surface area contributed by atoms with Crippen LogP contribution in [0.5, 0.6) is 0 Å². The van der Waals surface area contributed by atoms with E-state index < -0.39 is 5.54 Å². The lowest BCUT2D eigenvalue weighted by Gasteiger charge is -2.38. The standard InChI is InChI=1S/C20H23N5O/c1-24(2)19(26)20(18-13-21-10-11-23-18)8-4-12-25(20)14-15-5-3-6-17-16(15)7-9-22-17/h3,5-7,9-11,13,22H,4,8,12,14H2,1-2H3/t20-/m0/s1. The number of carbonyl (C=O) groups excluding carboxylic acids is 1. The third-order valence-electron chi connectivity index (χ3n) is 5.30. The van der Waals surface area contributed by atoms with Crippen molar-refractivity contribution < 1.29 is 4.79 Å². The summed E-state index contributed by atoms with van der Waals surface area (Å²) in [7, 11) is 3.62. The molecule has 134 valence electrons. The Labute approximate surface area is 152 Å². The minimum absolute atomic E-state index is 0.0664. The molecule has 1 aromatic carbocycles. The van der Waals surface area contributed by atoms with Gasteiger partial charge < -0.3 is 9.88 Å². The highest BCUT2D eigenvalue weighted by molar-refractivity contribution is 5.87. The Morgan fingerprint density at radius 1 is 1.31 bits per heavy atom. The minimum atomic E-state index is -0.754. The number of aromatic nitrogens is 3. The molecular weight excluding hydrogens is 326 g/mol. The molecule has 3 heterocycles. The Balaban J connectivity index is 1.78. The second-order valence-corrected chi connectivity index (χ2v) is 7.03. The maximum Gasteiger partial charge on any atom is 0.248 e. The normalized spacial score (nSPS) is 20.5. The Morgan fingerprint density at radius 2 is 2.19 bits per heavy atom. The highest BCUT2D eigenvalue weighted by Gasteiger charge is 2.50. The van der Waals surface area contributed by atoms with E-state index in [2.05, 4.69) is 44.1 Å². The third-order valence-corrected chi connectivity index (χ3v) is 5.30. The van der Waals surface area contributed by atoms with Crippen LogP contribution in [0.3, 0.4) is 0 Å². The summed E-state index contributed by atoms with van der Waals surface area (Å²) in [6.45, 7) is 1.56. The maximum atomic E-state index is 13.3. The number of carbonyl (C=O) groups is 1. The van der Waals surface area contributed by atoms with Crippen molar-refractivity contribution in [2.75, 3.05) is 20.6 Å². The van der Waals surface area contributed by atoms with Crippen molar-refractivity contribution in [1.82, 2.24) is 24.8 Å². The molecular formula is C20H23N5O. The number of amides is 1. The first-order chi connectivity index (χ1) is 12.6. The van der Waals surface area contributed by atoms with Gasteiger partial charge in [-0.25, -0.2) is 0 Å². The fourth-order valence-electron chi connectivity index (χ4n) is 4.11. The van der Waals surface area contributed by atoms with Gasteiger partial charge in [0.1, 0.15) is 5.54 Å². The van der Waals surface area contributed by atoms with Crippen LogP contribution in [0.4, 0.5) is 0 Å². The summed E-state index contributed by atoms with van der Waals surface area (Å²) in [6, 6.07) is 8.36. The number of H-pyrrole nitrogens is 1. The van der Waals surface area contributed by atoms with Crippen molar-refractivity contribution >= 4 is 16.8 Å². The fourth-order valence-corrected chi connectivity index (χ4v) is 4.11. The van der Waals surface area contributed by atoms with Crippen molar-refractivity contribution in [3.8, 4) is 0 Å². The maximum absolute atomic E-state index is 13.3. The van der Waals surface area contributed by atoms with E-state index in [1.54, 1.807) is 23.5 Å². The van der Waals surface area contributed by atoms with Gasteiger partial charge in [0.15, 0.2) is 0 Å². The molecule has 0 spiro atoms. The first-order valence-electron chi connectivity index (χ1n) is 8.91. The van der Waals surface area contributed by atoms with Crippen LogP contribution in [0.2, 0.25) is 0 Å². The molecule has 1 aliphatic rings. The van der Waals surface area contributed by atoms with Gasteiger partial charge in [0.25, 0.3) is 0 Å². The summed E-state index contributed by atoms with van der Waals surface area (Å²) in [5.74, 6) is 0.0664. The summed E-state index contributed by atoms with van der Waals surface area (Å²) in [4.78, 5) is 29.2. The predicted molar refractivity (Wildman–Crippen MR) is 100 cm³/mol. The molecule has 0 saturated carbocycles. The topological polar surface area (TPSA) is 65.1 Å². The zero-order valence-electron chi connectivity index (χ0n) is 15.1. The number of likely N-dealkylation sites (N-methyl/N-ethyl adjacent to an activating group) is 1. The zero-order valence-corrected chi connectivity index (χ0v) is 15.1. The molecule has 1 fully saturated rings. The molecule has 1 saturated heterocycles. The minimum Gasteiger partial charge on any atom is -0.361 e. The quantitative estimate of drug-likeness (QED) is 0.786. The molecule has 2 aromatic heterocycles. The van der Waals surface area contributed by atoms with Crippen LogP contribution in [0.25, 0.3) is 10.9 Å². The van der Waals surface area contributed by atoms with Crippen LogP contribution in [-0.4, -0.2) is 51.3 Å². The lowest BCUT2D eigenvalue weighted by atomic mass is 9.89. The van der Waals surface area contributed by atoms with E-state index in [0.717, 1.165) is 30.6 Å². The molecule has 0 aliphatic carbocycles. The van der Waals surface area contributed by atoms with Gasteiger partial charge in [-0.15, -0.1) is 0 Å². The van der Waals surface area contributed by atoms with E-state index in [-0.39, 0.29) is 5.91 Å². The lowest BCUT2D eigenvalue weighted by molar-refractivity contribution is -0.141. The van der Waals surface area contributed by atoms with Crippen molar-refractivity contribution in [2.24, 2.45) is 0 Å². The van der Waals surface area contributed by atoms with E-state index in [0.29, 0.717) is 6.54 Å². The molecule has 1 aliphatic heterocycles. The second-order valence-electron chi connectivity index (χ2n) is 7.03. The fraction of sp³-hybridized carbons (Fsp3) is 0.350. The van der Waals surface area contributed by atoms with Gasteiger partial charge in [0.05, 0.1) is 11.9 Å². The number of hydrogen-bond acceptors (Lipinski definition) is 4. The van der Waals surface area contributed by atoms with Crippen LogP contribution in [0.15, 0.2) is 49.1 Å². The summed E-state index contributed by atoms with van der Waals surface area (Å²) in [6.07, 6.45) is 8.72. The van der Waals surface area contributed by atoms with Gasteiger partial charge in [-0.1, -0.05) is 12.1 Å². The van der Waals surface area contributed by atoms with Crippen LogP contribution in [-0.2, 0) is 16.9 Å². The van der Waals surface area contributed by atoms with Crippen LogP contribution < -0.4 is 0 Å². The number of nitrogens with one attached hydrogen (secondary N) is 1. The van der Waals surface area contributed by atoms with Gasteiger partial charge in [-0.2, -0.15) is 0 Å². The second kappa shape index (κ2) is 6.53. The highest BCUT2D eigenvalue weighted by Crippen LogP contribution is 2.40. The molecule has 1 amide bonds. The monoisotopic (exact) mass is 349 g/mol. The molecule has 3 aromatic rings. The Bertz CT molecular complexity index is 920. The summed E-state index contributed by atoms with van der Waals surface area (Å²) in [5.41, 5.74) is 2.31. The van der Waals surface area contributed by atoms with E-state index in [1.165, 1.54) is 10.9 Å². The molecule has 1 atom stereocenters. The predicted octanol–water partition coefficient (Wildman–Crippen LogP) is 2.54. The number of likely N-dealkylation sites (tertiary alicyclic amines) is 1. The van der Waals surface area contributed by atoms with Crippen LogP contribution >= 0.6 is 0 Å². The van der Waals surface area contributed by atoms with Crippen LogP contribution in [0.1, 0.15) is 24.1 Å². The molecule has 0 bridgehead atoms. The summed E-state index contributed by atoms with van der Waals surface area (Å²) < 4.78 is 0. The highest BCUT2D eigenvalue weighted by atomic mass is 16.2. The Morgan fingerprint density at radius 3 is 2.96 bits per heavy atom. The largest absolute Gasteiger partial charge is 0.361 e. The molecule has 6 nitrogen and oxygen atoms in total. The van der Waals surface area contributed by atoms with E-state index in [4.69, 9.17) is 0 Å². The third kappa shape index (κ3) is 2.57. The average Bonchev–Trinajstić information content (AvgIpc) is 3.30. The molecule has 6 heteroatoms. The molecule has 4 rings (SSSR count). The van der Waals surface area contributed by atoms with Crippen LogP contribution in [0, 0.1) is 0 Å². The van der Waals surface area contributed by atoms with Gasteiger partial charge in [-0.05, 0) is 37.1 Å². The SMILES string of the molecule is CN(C)C(=O)[C@@]1(c2cnccn2)CCCN1Cc1cccc2[nH]ccc12. The zero-order chi connectivity index (χ0) is 18.1. The van der Waals surface area contributed by atoms with E-state index in [1.807, 2.05) is 20.3 Å². The van der Waals surface area contributed by atoms with Gasteiger partial charge >= 0.3 is 0 Å². The first kappa shape index (κ1) is 16.7. The number of rotatable bonds is 4. The lowest BCUT2D eigenvalue weighted by Crippen LogP contribution is -2.52. The molecule has 1 N–H and O–H groups in total. The average molecular weight is 349 g/mol. The van der Waals surface area contributed by atoms with E-state index in [9.17, 15) is 4.79 Å². The number of aromatic amines is 1. The molecule has 26 heavy (non-hydrogen) atoms. The molecule has 0 unspecified atom stereocenters. The van der Waals surface area contributed by atoms with E-state index >= 15 is 0 Å². The van der Waals surface area contributed by atoms with Gasteiger partial charge in [0, 0.05) is 50.1 Å². The van der Waals surface area contributed by atoms with Crippen molar-refractivity contribution in [3.63, 3.8) is 0 Å². The molecule has 0 radical (unpaired) electrons. The first-order valence-corrected chi connectivity index (χ1v) is 8.91. The van der Waals surface area contributed by atoms with Crippen molar-refractivity contribution in [3.05, 3.63) is 60.3 Å². The summed E-state index contributed by atoms with van der Waals surface area (Å²) >= 11 is 0. The number of hydrogen-bond donors (Lipinski definition) is 1. The summed E-state index contributed by atoms with van der Waals surface area (Å²) in [5, 5.41) is 1.20. The number of benzene rings is 1. The van der Waals surface area contributed by atoms with Gasteiger partial charge in [0.2, 0.25) is 5.91 Å². The van der Waals surface area contributed by atoms with Gasteiger partial charge in [-0.3, -0.25) is 19.7 Å². The van der Waals surface area contributed by atoms with Crippen molar-refractivity contribution in [1.29, 1.82) is 0 Å². The van der Waals surface area contributed by atoms with Crippen molar-refractivity contribution in [2.45, 2.75) is 24.9 Å². The Hall–Kier alpha value is -2.73. The number of fused-ring (bicyclic) bond motifs is 1. The smallest absolute Gasteiger partial charge is 0.248 e.